The Kier molecular flexibility index (Phi) is 4.22. The number of piperidine rings is 1. The molecule has 3 aromatic rings. The van der Waals surface area contributed by atoms with Crippen LogP contribution >= 0.6 is 0 Å². The van der Waals surface area contributed by atoms with E-state index in [1.807, 2.05) is 13.1 Å². The number of rotatable bonds is 4. The lowest BCUT2D eigenvalue weighted by molar-refractivity contribution is 0.139. The molecule has 0 radical (unpaired) electrons. The van der Waals surface area contributed by atoms with Gasteiger partial charge in [0.25, 0.3) is 5.56 Å². The van der Waals surface area contributed by atoms with Crippen LogP contribution in [0.15, 0.2) is 15.8 Å². The number of fused-ring (bicyclic) bond motifs is 3. The quantitative estimate of drug-likeness (QED) is 0.761. The number of aryl methyl sites for hydroxylation is 2. The van der Waals surface area contributed by atoms with Crippen molar-refractivity contribution in [1.82, 2.24) is 28.4 Å². The molecule has 0 amide bonds. The average molecular weight is 358 g/mol. The van der Waals surface area contributed by atoms with Crippen molar-refractivity contribution in [3.8, 4) is 0 Å². The number of nitrogens with one attached hydrogen (secondary N) is 1. The Labute approximate surface area is 151 Å². The van der Waals surface area contributed by atoms with Crippen LogP contribution in [-0.4, -0.2) is 47.5 Å². The molecule has 1 fully saturated rings. The minimum atomic E-state index is -0.439. The molecule has 0 bridgehead atoms. The van der Waals surface area contributed by atoms with Crippen LogP contribution in [0, 0.1) is 6.92 Å². The minimum Gasteiger partial charge on any atom is -0.313 e. The molecule has 1 aliphatic rings. The molecule has 1 saturated heterocycles. The molecular weight excluding hydrogens is 332 g/mol. The van der Waals surface area contributed by atoms with E-state index in [1.165, 1.54) is 30.3 Å². The van der Waals surface area contributed by atoms with Crippen LogP contribution in [0.1, 0.15) is 38.3 Å². The zero-order chi connectivity index (χ0) is 18.4. The van der Waals surface area contributed by atoms with E-state index in [4.69, 9.17) is 0 Å². The molecule has 0 aliphatic carbocycles. The summed E-state index contributed by atoms with van der Waals surface area (Å²) in [6.45, 7) is 7.25. The number of H-pyrrole nitrogens is 1. The molecule has 8 heteroatoms. The first-order chi connectivity index (χ1) is 12.5. The normalized spacial score (nSPS) is 19.0. The average Bonchev–Trinajstić information content (AvgIpc) is 3.13. The van der Waals surface area contributed by atoms with Crippen molar-refractivity contribution in [1.29, 1.82) is 0 Å². The zero-order valence-electron chi connectivity index (χ0n) is 15.7. The SMILES string of the molecule is CC[C@H]1CCCCN1CCn1c(C)cn2c3c(=O)[nH]c(=O)n(C)c3nc12. The zero-order valence-corrected chi connectivity index (χ0v) is 15.7. The van der Waals surface area contributed by atoms with Gasteiger partial charge in [0.05, 0.1) is 0 Å². The lowest BCUT2D eigenvalue weighted by Crippen LogP contribution is -2.40. The minimum absolute atomic E-state index is 0.394. The predicted molar refractivity (Wildman–Crippen MR) is 101 cm³/mol. The molecule has 1 aliphatic heterocycles. The molecule has 0 saturated carbocycles. The maximum Gasteiger partial charge on any atom is 0.329 e. The number of hydrogen-bond acceptors (Lipinski definition) is 4. The van der Waals surface area contributed by atoms with E-state index >= 15 is 0 Å². The summed E-state index contributed by atoms with van der Waals surface area (Å²) in [5.41, 5.74) is 1.08. The van der Waals surface area contributed by atoms with Gasteiger partial charge in [-0.15, -0.1) is 0 Å². The van der Waals surface area contributed by atoms with Crippen LogP contribution in [0.2, 0.25) is 0 Å². The van der Waals surface area contributed by atoms with Gasteiger partial charge in [0, 0.05) is 38.1 Å². The van der Waals surface area contributed by atoms with Crippen LogP contribution in [0.3, 0.4) is 0 Å². The van der Waals surface area contributed by atoms with Gasteiger partial charge in [0.2, 0.25) is 5.78 Å². The first-order valence-corrected chi connectivity index (χ1v) is 9.42. The largest absolute Gasteiger partial charge is 0.329 e. The maximum atomic E-state index is 12.3. The molecule has 3 aromatic heterocycles. The van der Waals surface area contributed by atoms with Crippen LogP contribution < -0.4 is 11.2 Å². The third-order valence-electron chi connectivity index (χ3n) is 5.75. The van der Waals surface area contributed by atoms with Crippen molar-refractivity contribution in [3.05, 3.63) is 32.7 Å². The molecule has 26 heavy (non-hydrogen) atoms. The third-order valence-corrected chi connectivity index (χ3v) is 5.75. The van der Waals surface area contributed by atoms with E-state index in [-0.39, 0.29) is 0 Å². The second kappa shape index (κ2) is 6.42. The monoisotopic (exact) mass is 358 g/mol. The van der Waals surface area contributed by atoms with Crippen molar-refractivity contribution >= 4 is 16.9 Å². The number of aromatic amines is 1. The second-order valence-electron chi connectivity index (χ2n) is 7.29. The van der Waals surface area contributed by atoms with E-state index in [1.54, 1.807) is 11.4 Å². The molecule has 0 aromatic carbocycles. The van der Waals surface area contributed by atoms with Gasteiger partial charge in [-0.05, 0) is 32.7 Å². The van der Waals surface area contributed by atoms with Gasteiger partial charge >= 0.3 is 5.69 Å². The highest BCUT2D eigenvalue weighted by Crippen LogP contribution is 2.20. The highest BCUT2D eigenvalue weighted by atomic mass is 16.2. The highest BCUT2D eigenvalue weighted by molar-refractivity contribution is 5.75. The smallest absolute Gasteiger partial charge is 0.313 e. The molecule has 0 unspecified atom stereocenters. The Morgan fingerprint density at radius 1 is 1.27 bits per heavy atom. The van der Waals surface area contributed by atoms with Gasteiger partial charge in [-0.1, -0.05) is 13.3 Å². The Morgan fingerprint density at radius 3 is 2.85 bits per heavy atom. The van der Waals surface area contributed by atoms with Gasteiger partial charge in [-0.3, -0.25) is 23.6 Å². The van der Waals surface area contributed by atoms with E-state index in [0.717, 1.165) is 25.3 Å². The van der Waals surface area contributed by atoms with Crippen LogP contribution in [0.4, 0.5) is 0 Å². The fourth-order valence-corrected chi connectivity index (χ4v) is 4.24. The molecule has 4 rings (SSSR count). The number of hydrogen-bond donors (Lipinski definition) is 1. The van der Waals surface area contributed by atoms with Crippen molar-refractivity contribution in [2.75, 3.05) is 13.1 Å². The predicted octanol–water partition coefficient (Wildman–Crippen LogP) is 1.25. The Bertz CT molecular complexity index is 1070. The van der Waals surface area contributed by atoms with E-state index in [9.17, 15) is 9.59 Å². The van der Waals surface area contributed by atoms with Gasteiger partial charge in [-0.25, -0.2) is 4.79 Å². The van der Waals surface area contributed by atoms with Gasteiger partial charge in [-0.2, -0.15) is 4.98 Å². The first kappa shape index (κ1) is 17.1. The van der Waals surface area contributed by atoms with Crippen LogP contribution in [0.5, 0.6) is 0 Å². The van der Waals surface area contributed by atoms with Crippen molar-refractivity contribution in [3.63, 3.8) is 0 Å². The lowest BCUT2D eigenvalue weighted by Gasteiger charge is -2.35. The van der Waals surface area contributed by atoms with E-state index in [0.29, 0.717) is 23.0 Å². The Hall–Kier alpha value is -2.35. The van der Waals surface area contributed by atoms with Crippen molar-refractivity contribution < 1.29 is 0 Å². The molecule has 4 heterocycles. The Morgan fingerprint density at radius 2 is 2.08 bits per heavy atom. The summed E-state index contributed by atoms with van der Waals surface area (Å²) in [7, 11) is 1.63. The molecule has 1 N–H and O–H groups in total. The van der Waals surface area contributed by atoms with Crippen molar-refractivity contribution in [2.45, 2.75) is 52.1 Å². The summed E-state index contributed by atoms with van der Waals surface area (Å²) < 4.78 is 5.34. The van der Waals surface area contributed by atoms with E-state index < -0.39 is 11.2 Å². The molecule has 140 valence electrons. The maximum absolute atomic E-state index is 12.3. The van der Waals surface area contributed by atoms with E-state index in [2.05, 4.69) is 26.4 Å². The lowest BCUT2D eigenvalue weighted by atomic mass is 10.0. The van der Waals surface area contributed by atoms with Gasteiger partial charge in [0.15, 0.2) is 11.2 Å². The van der Waals surface area contributed by atoms with Crippen LogP contribution in [-0.2, 0) is 13.6 Å². The number of imidazole rings is 2. The van der Waals surface area contributed by atoms with Gasteiger partial charge in [0.1, 0.15) is 0 Å². The summed E-state index contributed by atoms with van der Waals surface area (Å²) >= 11 is 0. The van der Waals surface area contributed by atoms with Crippen molar-refractivity contribution in [2.24, 2.45) is 7.05 Å². The number of nitrogens with zero attached hydrogens (tertiary/aromatic N) is 5. The first-order valence-electron chi connectivity index (χ1n) is 9.42. The summed E-state index contributed by atoms with van der Waals surface area (Å²) in [4.78, 5) is 33.7. The fourth-order valence-electron chi connectivity index (χ4n) is 4.24. The standard InChI is InChI=1S/C18H26N6O2/c1-4-13-7-5-6-8-22(13)9-10-23-12(2)11-24-14-15(19-17(23)24)21(3)18(26)20-16(14)25/h11,13H,4-10H2,1-3H3,(H,20,25,26)/t13-/m0/s1. The molecular formula is C18H26N6O2. The molecule has 1 atom stereocenters. The topological polar surface area (TPSA) is 80.3 Å². The summed E-state index contributed by atoms with van der Waals surface area (Å²) in [5.74, 6) is 0.717. The Balaban J connectivity index is 1.73. The molecule has 0 spiro atoms. The second-order valence-corrected chi connectivity index (χ2v) is 7.29. The summed E-state index contributed by atoms with van der Waals surface area (Å²) in [5, 5.41) is 0. The summed E-state index contributed by atoms with van der Waals surface area (Å²) in [6, 6.07) is 0.665. The third kappa shape index (κ3) is 2.59. The van der Waals surface area contributed by atoms with Gasteiger partial charge < -0.3 is 4.57 Å². The number of likely N-dealkylation sites (tertiary alicyclic amines) is 1. The summed E-state index contributed by atoms with van der Waals surface area (Å²) in [6.07, 6.45) is 6.98. The fraction of sp³-hybridized carbons (Fsp3) is 0.611. The highest BCUT2D eigenvalue weighted by Gasteiger charge is 2.22. The molecule has 8 nitrogen and oxygen atoms in total. The van der Waals surface area contributed by atoms with Crippen LogP contribution in [0.25, 0.3) is 16.9 Å². The number of aromatic nitrogens is 5.